The minimum Gasteiger partial charge on any atom is -0.494 e. The molecule has 1 fully saturated rings. The SMILES string of the molecule is COc1ccc(N(C(=O)O)C2CC2)c2nc[nH]c12. The zero-order chi connectivity index (χ0) is 12.7. The number of amides is 1. The molecule has 0 aliphatic heterocycles. The van der Waals surface area contributed by atoms with Crippen LogP contribution >= 0.6 is 0 Å². The third-order valence-electron chi connectivity index (χ3n) is 3.12. The van der Waals surface area contributed by atoms with Gasteiger partial charge in [-0.1, -0.05) is 0 Å². The van der Waals surface area contributed by atoms with Gasteiger partial charge in [0.25, 0.3) is 0 Å². The standard InChI is InChI=1S/C12H13N3O3/c1-18-9-5-4-8(10-11(9)14-6-13-10)15(12(16)17)7-2-3-7/h4-7H,2-3H2,1H3,(H,13,14)(H,16,17). The lowest BCUT2D eigenvalue weighted by atomic mass is 10.2. The lowest BCUT2D eigenvalue weighted by Gasteiger charge is -2.19. The molecule has 0 spiro atoms. The van der Waals surface area contributed by atoms with E-state index in [0.29, 0.717) is 17.0 Å². The molecule has 94 valence electrons. The second kappa shape index (κ2) is 3.90. The normalized spacial score (nSPS) is 14.7. The summed E-state index contributed by atoms with van der Waals surface area (Å²) < 4.78 is 5.22. The lowest BCUT2D eigenvalue weighted by molar-refractivity contribution is 0.201. The van der Waals surface area contributed by atoms with Gasteiger partial charge in [-0.2, -0.15) is 0 Å². The van der Waals surface area contributed by atoms with Crippen molar-refractivity contribution in [3.8, 4) is 5.75 Å². The molecule has 0 saturated heterocycles. The van der Waals surface area contributed by atoms with E-state index in [4.69, 9.17) is 4.74 Å². The number of imidazole rings is 1. The van der Waals surface area contributed by atoms with Crippen LogP contribution in [0.5, 0.6) is 5.75 Å². The van der Waals surface area contributed by atoms with Gasteiger partial charge in [0.15, 0.2) is 0 Å². The first kappa shape index (κ1) is 10.9. The number of H-pyrrole nitrogens is 1. The summed E-state index contributed by atoms with van der Waals surface area (Å²) in [5.41, 5.74) is 1.97. The zero-order valence-corrected chi connectivity index (χ0v) is 9.88. The second-order valence-corrected chi connectivity index (χ2v) is 4.30. The zero-order valence-electron chi connectivity index (χ0n) is 9.88. The van der Waals surface area contributed by atoms with Crippen LogP contribution in [-0.2, 0) is 0 Å². The maximum absolute atomic E-state index is 11.4. The number of nitrogens with zero attached hydrogens (tertiary/aromatic N) is 2. The Balaban J connectivity index is 2.16. The molecule has 1 saturated carbocycles. The molecule has 1 amide bonds. The number of carbonyl (C=O) groups is 1. The maximum atomic E-state index is 11.4. The molecular weight excluding hydrogens is 234 g/mol. The van der Waals surface area contributed by atoms with E-state index in [1.54, 1.807) is 25.6 Å². The Morgan fingerprint density at radius 3 is 2.94 bits per heavy atom. The van der Waals surface area contributed by atoms with Crippen LogP contribution in [-0.4, -0.2) is 34.3 Å². The molecule has 0 atom stereocenters. The van der Waals surface area contributed by atoms with Gasteiger partial charge in [0.2, 0.25) is 0 Å². The molecule has 1 aromatic carbocycles. The van der Waals surface area contributed by atoms with Gasteiger partial charge < -0.3 is 14.8 Å². The quantitative estimate of drug-likeness (QED) is 0.871. The van der Waals surface area contributed by atoms with Gasteiger partial charge in [0.05, 0.1) is 19.1 Å². The predicted octanol–water partition coefficient (Wildman–Crippen LogP) is 2.22. The van der Waals surface area contributed by atoms with E-state index in [1.165, 1.54) is 4.90 Å². The van der Waals surface area contributed by atoms with Crippen LogP contribution in [0.1, 0.15) is 12.8 Å². The topological polar surface area (TPSA) is 78.4 Å². The number of ether oxygens (including phenoxy) is 1. The molecule has 1 aliphatic carbocycles. The molecule has 2 aromatic rings. The number of methoxy groups -OCH3 is 1. The van der Waals surface area contributed by atoms with Gasteiger partial charge in [-0.15, -0.1) is 0 Å². The third kappa shape index (κ3) is 1.57. The van der Waals surface area contributed by atoms with Crippen LogP contribution in [0.4, 0.5) is 10.5 Å². The van der Waals surface area contributed by atoms with Crippen LogP contribution in [0, 0.1) is 0 Å². The van der Waals surface area contributed by atoms with Crippen molar-refractivity contribution in [2.45, 2.75) is 18.9 Å². The fourth-order valence-corrected chi connectivity index (χ4v) is 2.15. The minimum atomic E-state index is -0.938. The van der Waals surface area contributed by atoms with E-state index in [9.17, 15) is 9.90 Å². The Kier molecular flexibility index (Phi) is 2.36. The number of hydrogen-bond donors (Lipinski definition) is 2. The minimum absolute atomic E-state index is 0.0794. The Bertz CT molecular complexity index is 604. The van der Waals surface area contributed by atoms with Gasteiger partial charge in [-0.05, 0) is 25.0 Å². The van der Waals surface area contributed by atoms with E-state index in [1.807, 2.05) is 0 Å². The second-order valence-electron chi connectivity index (χ2n) is 4.30. The van der Waals surface area contributed by atoms with E-state index >= 15 is 0 Å². The fourth-order valence-electron chi connectivity index (χ4n) is 2.15. The molecule has 18 heavy (non-hydrogen) atoms. The van der Waals surface area contributed by atoms with Crippen LogP contribution in [0.15, 0.2) is 18.5 Å². The number of benzene rings is 1. The average molecular weight is 247 g/mol. The van der Waals surface area contributed by atoms with Gasteiger partial charge in [-0.25, -0.2) is 9.78 Å². The number of aromatic amines is 1. The first-order chi connectivity index (χ1) is 8.72. The number of rotatable bonds is 3. The Labute approximate surface area is 103 Å². The predicted molar refractivity (Wildman–Crippen MR) is 66.2 cm³/mol. The smallest absolute Gasteiger partial charge is 0.412 e. The molecule has 1 aliphatic rings. The Morgan fingerprint density at radius 2 is 2.33 bits per heavy atom. The van der Waals surface area contributed by atoms with Crippen molar-refractivity contribution >= 4 is 22.8 Å². The molecule has 0 unspecified atom stereocenters. The van der Waals surface area contributed by atoms with Gasteiger partial charge in [0.1, 0.15) is 16.8 Å². The van der Waals surface area contributed by atoms with Crippen molar-refractivity contribution in [2.75, 3.05) is 12.0 Å². The summed E-state index contributed by atoms with van der Waals surface area (Å²) in [6.45, 7) is 0. The number of hydrogen-bond acceptors (Lipinski definition) is 3. The van der Waals surface area contributed by atoms with Crippen molar-refractivity contribution < 1.29 is 14.6 Å². The number of anilines is 1. The van der Waals surface area contributed by atoms with Crippen LogP contribution in [0.25, 0.3) is 11.0 Å². The molecule has 6 nitrogen and oxygen atoms in total. The molecule has 1 aromatic heterocycles. The van der Waals surface area contributed by atoms with Gasteiger partial charge >= 0.3 is 6.09 Å². The lowest BCUT2D eigenvalue weighted by Crippen LogP contribution is -2.31. The van der Waals surface area contributed by atoms with E-state index in [2.05, 4.69) is 9.97 Å². The van der Waals surface area contributed by atoms with E-state index in [-0.39, 0.29) is 6.04 Å². The third-order valence-corrected chi connectivity index (χ3v) is 3.12. The summed E-state index contributed by atoms with van der Waals surface area (Å²) in [7, 11) is 1.57. The Hall–Kier alpha value is -2.24. The van der Waals surface area contributed by atoms with Crippen molar-refractivity contribution in [3.05, 3.63) is 18.5 Å². The summed E-state index contributed by atoms with van der Waals surface area (Å²) in [5, 5.41) is 9.32. The van der Waals surface area contributed by atoms with Gasteiger partial charge in [0, 0.05) is 6.04 Å². The maximum Gasteiger partial charge on any atom is 0.412 e. The van der Waals surface area contributed by atoms with Crippen molar-refractivity contribution in [1.82, 2.24) is 9.97 Å². The highest BCUT2D eigenvalue weighted by Crippen LogP contribution is 2.37. The number of aromatic nitrogens is 2. The first-order valence-corrected chi connectivity index (χ1v) is 5.74. The van der Waals surface area contributed by atoms with Gasteiger partial charge in [-0.3, -0.25) is 4.90 Å². The monoisotopic (exact) mass is 247 g/mol. The molecule has 3 rings (SSSR count). The van der Waals surface area contributed by atoms with Crippen LogP contribution < -0.4 is 9.64 Å². The molecule has 0 bridgehead atoms. The molecule has 6 heteroatoms. The number of fused-ring (bicyclic) bond motifs is 1. The average Bonchev–Trinajstić information content (AvgIpc) is 3.05. The molecule has 1 heterocycles. The van der Waals surface area contributed by atoms with Crippen molar-refractivity contribution in [1.29, 1.82) is 0 Å². The summed E-state index contributed by atoms with van der Waals surface area (Å²) in [5.74, 6) is 0.660. The molecular formula is C12H13N3O3. The first-order valence-electron chi connectivity index (χ1n) is 5.74. The molecule has 0 radical (unpaired) electrons. The van der Waals surface area contributed by atoms with E-state index in [0.717, 1.165) is 18.4 Å². The number of carboxylic acid groups (broad SMARTS) is 1. The largest absolute Gasteiger partial charge is 0.494 e. The summed E-state index contributed by atoms with van der Waals surface area (Å²) in [6, 6.07) is 3.58. The van der Waals surface area contributed by atoms with Crippen molar-refractivity contribution in [3.63, 3.8) is 0 Å². The highest BCUT2D eigenvalue weighted by atomic mass is 16.5. The van der Waals surface area contributed by atoms with E-state index < -0.39 is 6.09 Å². The Morgan fingerprint density at radius 1 is 1.56 bits per heavy atom. The van der Waals surface area contributed by atoms with Crippen LogP contribution in [0.3, 0.4) is 0 Å². The highest BCUT2D eigenvalue weighted by Gasteiger charge is 2.35. The summed E-state index contributed by atoms with van der Waals surface area (Å²) in [4.78, 5) is 19.9. The highest BCUT2D eigenvalue weighted by molar-refractivity contribution is 6.00. The number of nitrogens with one attached hydrogen (secondary N) is 1. The van der Waals surface area contributed by atoms with Crippen molar-refractivity contribution in [2.24, 2.45) is 0 Å². The summed E-state index contributed by atoms with van der Waals surface area (Å²) >= 11 is 0. The molecule has 2 N–H and O–H groups in total. The van der Waals surface area contributed by atoms with Crippen LogP contribution in [0.2, 0.25) is 0 Å². The summed E-state index contributed by atoms with van der Waals surface area (Å²) in [6.07, 6.45) is 2.42. The fraction of sp³-hybridized carbons (Fsp3) is 0.333.